The highest BCUT2D eigenvalue weighted by molar-refractivity contribution is 6.17. The molecule has 4 aromatic heterocycles. The Morgan fingerprint density at radius 2 is 1.34 bits per heavy atom. The van der Waals surface area contributed by atoms with Crippen LogP contribution in [0.3, 0.4) is 0 Å². The van der Waals surface area contributed by atoms with E-state index in [2.05, 4.69) is 111 Å². The summed E-state index contributed by atoms with van der Waals surface area (Å²) in [5.41, 5.74) is 11.8. The number of para-hydroxylation sites is 3. The normalized spacial score (nSPS) is 13.4. The molecule has 0 spiro atoms. The quantitative estimate of drug-likeness (QED) is 0.173. The van der Waals surface area contributed by atoms with E-state index in [0.29, 0.717) is 33.2 Å². The maximum Gasteiger partial charge on any atom is 0.300 e. The van der Waals surface area contributed by atoms with E-state index in [4.69, 9.17) is 17.9 Å². The first-order chi connectivity index (χ1) is 25.4. The van der Waals surface area contributed by atoms with Gasteiger partial charge in [0.25, 0.3) is 0 Å². The Morgan fingerprint density at radius 1 is 0.680 bits per heavy atom. The van der Waals surface area contributed by atoms with Gasteiger partial charge < -0.3 is 8.83 Å². The fourth-order valence-electron chi connectivity index (χ4n) is 7.87. The average molecular weight is 658 g/mol. The first-order valence-electron chi connectivity index (χ1n) is 18.8. The van der Waals surface area contributed by atoms with Crippen LogP contribution in [0.5, 0.6) is 0 Å². The number of benzene rings is 5. The summed E-state index contributed by atoms with van der Waals surface area (Å²) in [6, 6.07) is 35.4. The zero-order valence-electron chi connectivity index (χ0n) is 32.1. The van der Waals surface area contributed by atoms with Crippen LogP contribution in [0.1, 0.15) is 66.2 Å². The molecule has 5 nitrogen and oxygen atoms in total. The molecular weight excluding hydrogens is 615 g/mol. The Hall–Kier alpha value is -5.68. The van der Waals surface area contributed by atoms with E-state index in [9.17, 15) is 0 Å². The van der Waals surface area contributed by atoms with Crippen molar-refractivity contribution in [3.05, 3.63) is 126 Å². The van der Waals surface area contributed by atoms with E-state index in [1.54, 1.807) is 0 Å². The summed E-state index contributed by atoms with van der Waals surface area (Å²) in [6.45, 7) is 8.40. The lowest BCUT2D eigenvalue weighted by atomic mass is 9.88. The van der Waals surface area contributed by atoms with Crippen molar-refractivity contribution in [1.29, 1.82) is 0 Å². The van der Waals surface area contributed by atoms with Crippen LogP contribution in [0.2, 0.25) is 0 Å². The van der Waals surface area contributed by atoms with E-state index in [1.165, 1.54) is 22.3 Å². The first-order valence-corrected chi connectivity index (χ1v) is 17.3. The fourth-order valence-corrected chi connectivity index (χ4v) is 7.87. The molecule has 0 unspecified atom stereocenters. The lowest BCUT2D eigenvalue weighted by molar-refractivity contribution is -0.633. The number of aromatic nitrogens is 3. The molecule has 5 heteroatoms. The Morgan fingerprint density at radius 3 is 2.08 bits per heavy atom. The van der Waals surface area contributed by atoms with Gasteiger partial charge in [-0.2, -0.15) is 4.57 Å². The van der Waals surface area contributed by atoms with E-state index in [1.807, 2.05) is 43.3 Å². The molecule has 0 atom stereocenters. The maximum atomic E-state index is 8.64. The number of hydrogen-bond donors (Lipinski definition) is 0. The van der Waals surface area contributed by atoms with Crippen molar-refractivity contribution in [3.8, 4) is 28.2 Å². The van der Waals surface area contributed by atoms with Crippen molar-refractivity contribution in [2.75, 3.05) is 0 Å². The van der Waals surface area contributed by atoms with Crippen LogP contribution in [-0.2, 0) is 7.05 Å². The Bertz CT molecular complexity index is 2880. The zero-order valence-corrected chi connectivity index (χ0v) is 29.1. The molecule has 0 radical (unpaired) electrons. The topological polar surface area (TPSA) is 48.0 Å². The van der Waals surface area contributed by atoms with Crippen LogP contribution in [0.25, 0.3) is 83.1 Å². The summed E-state index contributed by atoms with van der Waals surface area (Å²) in [5, 5.41) is 3.03. The van der Waals surface area contributed by atoms with Gasteiger partial charge in [-0.3, -0.25) is 4.98 Å². The minimum atomic E-state index is -2.49. The highest BCUT2D eigenvalue weighted by atomic mass is 16.3. The van der Waals surface area contributed by atoms with Crippen LogP contribution in [0.15, 0.2) is 112 Å². The molecule has 0 fully saturated rings. The molecule has 5 aromatic carbocycles. The highest BCUT2D eigenvalue weighted by Crippen LogP contribution is 2.44. The van der Waals surface area contributed by atoms with Gasteiger partial charge in [0.15, 0.2) is 16.6 Å². The molecule has 0 aliphatic heterocycles. The van der Waals surface area contributed by atoms with Crippen LogP contribution >= 0.6 is 0 Å². The number of imidazole rings is 1. The predicted octanol–water partition coefficient (Wildman–Crippen LogP) is 11.8. The van der Waals surface area contributed by atoms with Crippen LogP contribution in [0.4, 0.5) is 0 Å². The molecule has 0 aliphatic carbocycles. The van der Waals surface area contributed by atoms with Gasteiger partial charge in [0.1, 0.15) is 28.0 Å². The maximum absolute atomic E-state index is 8.64. The number of fused-ring (bicyclic) bond motifs is 7. The summed E-state index contributed by atoms with van der Waals surface area (Å²) in [6.07, 6.45) is 0. The number of hydrogen-bond acceptors (Lipinski definition) is 3. The summed E-state index contributed by atoms with van der Waals surface area (Å²) < 4.78 is 43.6. The second kappa shape index (κ2) is 11.2. The highest BCUT2D eigenvalue weighted by Gasteiger charge is 2.35. The molecule has 9 aromatic rings. The Kier molecular flexibility index (Phi) is 6.07. The summed E-state index contributed by atoms with van der Waals surface area (Å²) >= 11 is 0. The number of furan rings is 2. The van der Waals surface area contributed by atoms with Crippen LogP contribution < -0.4 is 4.57 Å². The van der Waals surface area contributed by atoms with Gasteiger partial charge in [-0.25, -0.2) is 4.57 Å². The van der Waals surface area contributed by atoms with Crippen molar-refractivity contribution in [2.24, 2.45) is 7.05 Å². The van der Waals surface area contributed by atoms with Crippen molar-refractivity contribution >= 4 is 54.9 Å². The number of aryl methyl sites for hydroxylation is 3. The standard InChI is InChI=1S/C45H40N3O2/c1-25(2)32-21-30(29-15-9-8-10-16-29)22-33(26(3)4)43(32)48-37-19-13-12-18-36(37)47(7)45(48)42-28(6)46-27(5)41-35-24-39-34(23-40(35)50-44(41)42)31-17-11-14-20-38(31)49-39/h8-26H,1-7H3/q+1/i5D3. The second-order valence-corrected chi connectivity index (χ2v) is 14.1. The minimum absolute atomic E-state index is 0.0197. The van der Waals surface area contributed by atoms with Crippen molar-refractivity contribution in [3.63, 3.8) is 0 Å². The van der Waals surface area contributed by atoms with Gasteiger partial charge in [-0.15, -0.1) is 0 Å². The van der Waals surface area contributed by atoms with Gasteiger partial charge in [0.2, 0.25) is 0 Å². The minimum Gasteiger partial charge on any atom is -0.456 e. The van der Waals surface area contributed by atoms with E-state index < -0.39 is 6.85 Å². The number of pyridine rings is 1. The summed E-state index contributed by atoms with van der Waals surface area (Å²) in [5.74, 6) is 1.25. The Balaban J connectivity index is 1.44. The average Bonchev–Trinajstić information content (AvgIpc) is 3.78. The van der Waals surface area contributed by atoms with Gasteiger partial charge in [-0.1, -0.05) is 88.4 Å². The molecule has 0 saturated carbocycles. The monoisotopic (exact) mass is 657 g/mol. The third kappa shape index (κ3) is 4.39. The molecule has 0 N–H and O–H groups in total. The van der Waals surface area contributed by atoms with Gasteiger partial charge >= 0.3 is 5.82 Å². The third-order valence-electron chi connectivity index (χ3n) is 10.3. The third-order valence-corrected chi connectivity index (χ3v) is 10.3. The van der Waals surface area contributed by atoms with Crippen LogP contribution in [-0.4, -0.2) is 9.55 Å². The zero-order chi connectivity index (χ0) is 36.9. The van der Waals surface area contributed by atoms with Crippen molar-refractivity contribution in [2.45, 2.75) is 53.3 Å². The van der Waals surface area contributed by atoms with Crippen LogP contribution in [0, 0.1) is 13.8 Å². The van der Waals surface area contributed by atoms with Gasteiger partial charge in [0, 0.05) is 37.1 Å². The molecule has 0 aliphatic rings. The SMILES string of the molecule is [2H]C([2H])([2H])c1nc(C)c(-c2n(-c3c(C(C)C)cc(-c4ccccc4)cc3C(C)C)c3ccccc3[n+]2C)c2oc3cc4c(cc3c12)oc1ccccc14. The summed E-state index contributed by atoms with van der Waals surface area (Å²) in [7, 11) is 2.07. The van der Waals surface area contributed by atoms with E-state index in [0.717, 1.165) is 44.5 Å². The first kappa shape index (κ1) is 27.2. The fraction of sp³-hybridized carbons (Fsp3) is 0.200. The van der Waals surface area contributed by atoms with Crippen molar-refractivity contribution in [1.82, 2.24) is 9.55 Å². The second-order valence-electron chi connectivity index (χ2n) is 14.1. The molecule has 50 heavy (non-hydrogen) atoms. The molecule has 0 saturated heterocycles. The van der Waals surface area contributed by atoms with Crippen molar-refractivity contribution < 1.29 is 17.5 Å². The predicted molar refractivity (Wildman–Crippen MR) is 205 cm³/mol. The largest absolute Gasteiger partial charge is 0.456 e. The smallest absolute Gasteiger partial charge is 0.300 e. The number of nitrogens with zero attached hydrogens (tertiary/aromatic N) is 3. The number of rotatable bonds is 5. The van der Waals surface area contributed by atoms with Gasteiger partial charge in [0.05, 0.1) is 18.1 Å². The molecule has 0 amide bonds. The van der Waals surface area contributed by atoms with E-state index in [-0.39, 0.29) is 17.5 Å². The molecular formula is C45H40N3O2+. The molecule has 246 valence electrons. The lowest BCUT2D eigenvalue weighted by Gasteiger charge is -2.21. The van der Waals surface area contributed by atoms with E-state index >= 15 is 0 Å². The molecule has 4 heterocycles. The summed E-state index contributed by atoms with van der Waals surface area (Å²) in [4.78, 5) is 4.93. The van der Waals surface area contributed by atoms with Gasteiger partial charge in [-0.05, 0) is 79.2 Å². The lowest BCUT2D eigenvalue weighted by Crippen LogP contribution is -2.31. The molecule has 0 bridgehead atoms. The molecule has 9 rings (SSSR count). The Labute approximate surface area is 295 Å².